The zero-order valence-corrected chi connectivity index (χ0v) is 16.1. The number of aliphatic hydroxyl groups is 1. The molecule has 0 unspecified atom stereocenters. The van der Waals surface area contributed by atoms with Crippen molar-refractivity contribution in [1.82, 2.24) is 19.5 Å². The van der Waals surface area contributed by atoms with Gasteiger partial charge in [-0.15, -0.1) is 0 Å². The average molecular weight is 433 g/mol. The molecule has 0 aliphatic carbocycles. The zero-order valence-electron chi connectivity index (χ0n) is 16.1. The van der Waals surface area contributed by atoms with Crippen LogP contribution in [0.5, 0.6) is 0 Å². The van der Waals surface area contributed by atoms with Crippen LogP contribution in [-0.2, 0) is 14.3 Å². The van der Waals surface area contributed by atoms with E-state index in [-0.39, 0.29) is 22.5 Å². The van der Waals surface area contributed by atoms with E-state index in [9.17, 15) is 23.5 Å². The molecular weight excluding hydrogens is 416 g/mol. The summed E-state index contributed by atoms with van der Waals surface area (Å²) in [5.74, 6) is -2.09. The van der Waals surface area contributed by atoms with Crippen molar-refractivity contribution in [3.63, 3.8) is 0 Å². The van der Waals surface area contributed by atoms with Gasteiger partial charge in [-0.05, 0) is 0 Å². The van der Waals surface area contributed by atoms with Crippen LogP contribution in [0.25, 0.3) is 11.2 Å². The molecule has 1 aromatic carbocycles. The first-order valence-corrected chi connectivity index (χ1v) is 9.11. The predicted molar refractivity (Wildman–Crippen MR) is 101 cm³/mol. The number of rotatable bonds is 5. The molecule has 3 aromatic rings. The Labute approximate surface area is 173 Å². The van der Waals surface area contributed by atoms with Gasteiger partial charge in [0.1, 0.15) is 17.9 Å². The number of ketones is 1. The summed E-state index contributed by atoms with van der Waals surface area (Å²) in [6.45, 7) is 0.976. The van der Waals surface area contributed by atoms with E-state index in [0.717, 1.165) is 24.1 Å². The van der Waals surface area contributed by atoms with Gasteiger partial charge in [-0.2, -0.15) is 0 Å². The number of aliphatic hydroxyl groups excluding tert-OH is 1. The molecule has 12 heteroatoms. The van der Waals surface area contributed by atoms with Gasteiger partial charge in [0.25, 0.3) is 6.43 Å². The van der Waals surface area contributed by atoms with Gasteiger partial charge < -0.3 is 20.3 Å². The summed E-state index contributed by atoms with van der Waals surface area (Å²) in [5.41, 5.74) is 2.90. The number of carbonyl (C=O) groups excluding carboxylic acids is 2. The molecule has 0 radical (unpaired) electrons. The summed E-state index contributed by atoms with van der Waals surface area (Å²) in [5, 5.41) is 10.9. The summed E-state index contributed by atoms with van der Waals surface area (Å²) in [4.78, 5) is 36.7. The minimum Gasteiger partial charge on any atom is -0.456 e. The quantitative estimate of drug-likeness (QED) is 0.447. The van der Waals surface area contributed by atoms with Gasteiger partial charge in [0.15, 0.2) is 23.8 Å². The highest BCUT2D eigenvalue weighted by molar-refractivity contribution is 6.04. The number of nitrogens with zero attached hydrogens (tertiary/aromatic N) is 4. The lowest BCUT2D eigenvalue weighted by atomic mass is 9.86. The molecule has 1 fully saturated rings. The second kappa shape index (κ2) is 7.63. The second-order valence-electron chi connectivity index (χ2n) is 6.90. The summed E-state index contributed by atoms with van der Waals surface area (Å²) in [7, 11) is 0. The van der Waals surface area contributed by atoms with Crippen LogP contribution in [0.3, 0.4) is 0 Å². The maximum absolute atomic E-state index is 14.5. The van der Waals surface area contributed by atoms with Crippen molar-refractivity contribution in [1.29, 1.82) is 0 Å². The number of carbonyl (C=O) groups is 2. The molecule has 3 heterocycles. The fourth-order valence-electron chi connectivity index (χ4n) is 3.63. The number of hydrogen-bond donors (Lipinski definition) is 2. The zero-order chi connectivity index (χ0) is 22.3. The lowest BCUT2D eigenvalue weighted by molar-refractivity contribution is -0.173. The van der Waals surface area contributed by atoms with Gasteiger partial charge in [0.2, 0.25) is 11.4 Å². The number of hydrogen-bond acceptors (Lipinski definition) is 9. The molecule has 162 valence electrons. The first-order valence-electron chi connectivity index (χ1n) is 9.11. The third-order valence-corrected chi connectivity index (χ3v) is 5.01. The number of alkyl halides is 2. The number of nitrogen functional groups attached to an aromatic ring is 1. The number of halogens is 2. The van der Waals surface area contributed by atoms with Crippen LogP contribution in [-0.4, -0.2) is 60.6 Å². The molecule has 1 aliphatic rings. The predicted octanol–water partition coefficient (Wildman–Crippen LogP) is 1.12. The number of benzene rings is 1. The van der Waals surface area contributed by atoms with E-state index in [1.165, 1.54) is 24.3 Å². The molecule has 4 rings (SSSR count). The molecule has 1 aliphatic heterocycles. The summed E-state index contributed by atoms with van der Waals surface area (Å²) in [6.07, 6.45) is -6.60. The van der Waals surface area contributed by atoms with E-state index < -0.39 is 42.2 Å². The van der Waals surface area contributed by atoms with Crippen LogP contribution >= 0.6 is 0 Å². The van der Waals surface area contributed by atoms with Crippen molar-refractivity contribution < 1.29 is 33.0 Å². The van der Waals surface area contributed by atoms with Gasteiger partial charge >= 0.3 is 5.97 Å². The number of ether oxygens (including phenoxy) is 2. The van der Waals surface area contributed by atoms with Crippen LogP contribution in [0.2, 0.25) is 0 Å². The van der Waals surface area contributed by atoms with Gasteiger partial charge in [-0.1, -0.05) is 30.3 Å². The Bertz CT molecular complexity index is 1140. The fourth-order valence-corrected chi connectivity index (χ4v) is 3.63. The Morgan fingerprint density at radius 1 is 1.26 bits per heavy atom. The average Bonchev–Trinajstić information content (AvgIpc) is 3.29. The molecule has 31 heavy (non-hydrogen) atoms. The Kier molecular flexibility index (Phi) is 5.11. The Hall–Kier alpha value is -3.51. The van der Waals surface area contributed by atoms with Gasteiger partial charge in [0, 0.05) is 12.5 Å². The van der Waals surface area contributed by atoms with E-state index >= 15 is 0 Å². The second-order valence-corrected chi connectivity index (χ2v) is 6.90. The summed E-state index contributed by atoms with van der Waals surface area (Å²) < 4.78 is 40.6. The van der Waals surface area contributed by atoms with E-state index in [4.69, 9.17) is 15.2 Å². The molecule has 0 amide bonds. The molecular formula is C19H17F2N5O5. The lowest BCUT2D eigenvalue weighted by Gasteiger charge is -2.31. The minimum atomic E-state index is -3.45. The van der Waals surface area contributed by atoms with E-state index in [0.29, 0.717) is 0 Å². The summed E-state index contributed by atoms with van der Waals surface area (Å²) in [6, 6.07) is 7.21. The highest BCUT2D eigenvalue weighted by Gasteiger charge is 2.67. The molecule has 3 N–H and O–H groups in total. The third-order valence-electron chi connectivity index (χ3n) is 5.01. The summed E-state index contributed by atoms with van der Waals surface area (Å²) >= 11 is 0. The van der Waals surface area contributed by atoms with Gasteiger partial charge in [0.05, 0.1) is 6.33 Å². The number of esters is 1. The maximum atomic E-state index is 14.5. The number of anilines is 1. The Balaban J connectivity index is 1.86. The van der Waals surface area contributed by atoms with Crippen LogP contribution in [0.15, 0.2) is 43.0 Å². The standard InChI is InChI=1S/C19H17F2N5O5/c1-9(27)30-14-12(28)17(26-8-25-11-15(22)23-7-24-16(11)26)31-19(14,18(20)21)13(29)10-5-3-2-4-6-10/h2-8,12,14,17-18,28H,1H3,(H2,22,23,24)/t12-,14+,17-,19+/m1/s1. The van der Waals surface area contributed by atoms with Crippen molar-refractivity contribution in [2.75, 3.05) is 5.73 Å². The Morgan fingerprint density at radius 2 is 1.97 bits per heavy atom. The molecule has 0 saturated carbocycles. The molecule has 1 saturated heterocycles. The van der Waals surface area contributed by atoms with Crippen molar-refractivity contribution in [3.05, 3.63) is 48.5 Å². The largest absolute Gasteiger partial charge is 0.456 e. The number of Topliss-reactive ketones (excluding diaryl/α,β-unsaturated/α-hetero) is 1. The number of nitrogens with two attached hydrogens (primary N) is 1. The monoisotopic (exact) mass is 433 g/mol. The van der Waals surface area contributed by atoms with Crippen molar-refractivity contribution in [2.24, 2.45) is 0 Å². The van der Waals surface area contributed by atoms with Crippen molar-refractivity contribution in [3.8, 4) is 0 Å². The SMILES string of the molecule is CC(=O)O[C@H]1[C@@H](O)[C@H](n2cnc3c(N)ncnc32)O[C@]1(C(=O)c1ccccc1)C(F)F. The molecule has 10 nitrogen and oxygen atoms in total. The van der Waals surface area contributed by atoms with Crippen molar-refractivity contribution in [2.45, 2.75) is 37.4 Å². The van der Waals surface area contributed by atoms with E-state index in [1.54, 1.807) is 6.07 Å². The van der Waals surface area contributed by atoms with Gasteiger partial charge in [-0.3, -0.25) is 14.2 Å². The van der Waals surface area contributed by atoms with Crippen LogP contribution < -0.4 is 5.73 Å². The maximum Gasteiger partial charge on any atom is 0.303 e. The van der Waals surface area contributed by atoms with Crippen LogP contribution in [0.1, 0.15) is 23.5 Å². The van der Waals surface area contributed by atoms with Crippen LogP contribution in [0, 0.1) is 0 Å². The first-order chi connectivity index (χ1) is 14.8. The number of aromatic nitrogens is 4. The highest BCUT2D eigenvalue weighted by atomic mass is 19.3. The Morgan fingerprint density at radius 3 is 2.61 bits per heavy atom. The van der Waals surface area contributed by atoms with Crippen molar-refractivity contribution >= 4 is 28.7 Å². The van der Waals surface area contributed by atoms with Crippen LogP contribution in [0.4, 0.5) is 14.6 Å². The smallest absolute Gasteiger partial charge is 0.303 e. The number of imidazole rings is 1. The topological polar surface area (TPSA) is 142 Å². The first kappa shape index (κ1) is 20.8. The third kappa shape index (κ3) is 3.20. The minimum absolute atomic E-state index is 0.0215. The van der Waals surface area contributed by atoms with Gasteiger partial charge in [-0.25, -0.2) is 23.7 Å². The number of fused-ring (bicyclic) bond motifs is 1. The molecule has 4 atom stereocenters. The normalized spacial score (nSPS) is 25.8. The molecule has 0 bridgehead atoms. The molecule has 0 spiro atoms. The fraction of sp³-hybridized carbons (Fsp3) is 0.316. The lowest BCUT2D eigenvalue weighted by Crippen LogP contribution is -2.56. The van der Waals surface area contributed by atoms with E-state index in [1.807, 2.05) is 0 Å². The molecule has 2 aromatic heterocycles. The van der Waals surface area contributed by atoms with E-state index in [2.05, 4.69) is 15.0 Å². The highest BCUT2D eigenvalue weighted by Crippen LogP contribution is 2.45.